The molecule has 0 amide bonds. The quantitative estimate of drug-likeness (QED) is 0.872. The van der Waals surface area contributed by atoms with E-state index in [-0.39, 0.29) is 0 Å². The van der Waals surface area contributed by atoms with Gasteiger partial charge in [-0.25, -0.2) is 0 Å². The van der Waals surface area contributed by atoms with E-state index in [1.165, 1.54) is 0 Å². The zero-order chi connectivity index (χ0) is 15.3. The van der Waals surface area contributed by atoms with Gasteiger partial charge in [0.25, 0.3) is 0 Å². The molecule has 2 unspecified atom stereocenters. The molecule has 1 aliphatic heterocycles. The molecule has 0 aromatic heterocycles. The van der Waals surface area contributed by atoms with E-state index in [9.17, 15) is 5.11 Å². The largest absolute Gasteiger partial charge is 0.490 e. The molecular formula is C17H26O4. The van der Waals surface area contributed by atoms with Crippen molar-refractivity contribution in [3.8, 4) is 11.5 Å². The van der Waals surface area contributed by atoms with Gasteiger partial charge in [0.15, 0.2) is 11.5 Å². The van der Waals surface area contributed by atoms with Crippen LogP contribution in [0.2, 0.25) is 0 Å². The first kappa shape index (κ1) is 16.1. The molecule has 0 saturated carbocycles. The topological polar surface area (TPSA) is 47.9 Å². The molecule has 21 heavy (non-hydrogen) atoms. The second-order valence-corrected chi connectivity index (χ2v) is 5.59. The molecular weight excluding hydrogens is 268 g/mol. The Morgan fingerprint density at radius 2 is 1.90 bits per heavy atom. The lowest BCUT2D eigenvalue weighted by Crippen LogP contribution is -2.39. The Balaban J connectivity index is 2.24. The monoisotopic (exact) mass is 294 g/mol. The van der Waals surface area contributed by atoms with E-state index in [4.69, 9.17) is 14.2 Å². The highest BCUT2D eigenvalue weighted by Gasteiger charge is 2.37. The van der Waals surface area contributed by atoms with Crippen molar-refractivity contribution in [3.63, 3.8) is 0 Å². The highest BCUT2D eigenvalue weighted by Crippen LogP contribution is 2.39. The van der Waals surface area contributed by atoms with Crippen LogP contribution in [0, 0.1) is 0 Å². The molecule has 1 saturated heterocycles. The van der Waals surface area contributed by atoms with Gasteiger partial charge >= 0.3 is 0 Å². The van der Waals surface area contributed by atoms with Crippen molar-refractivity contribution in [1.29, 1.82) is 0 Å². The van der Waals surface area contributed by atoms with Gasteiger partial charge in [-0.3, -0.25) is 0 Å². The van der Waals surface area contributed by atoms with Crippen molar-refractivity contribution in [2.75, 3.05) is 19.8 Å². The van der Waals surface area contributed by atoms with Gasteiger partial charge in [0.1, 0.15) is 6.10 Å². The van der Waals surface area contributed by atoms with Crippen LogP contribution in [0.4, 0.5) is 0 Å². The number of hydrogen-bond acceptors (Lipinski definition) is 4. The third-order valence-corrected chi connectivity index (χ3v) is 3.96. The smallest absolute Gasteiger partial charge is 0.161 e. The highest BCUT2D eigenvalue weighted by atomic mass is 16.5. The SMILES string of the molecule is CCOc1ccc(C(O)C2(C)CCCCO2)cc1OCC. The maximum absolute atomic E-state index is 10.7. The zero-order valence-corrected chi connectivity index (χ0v) is 13.2. The summed E-state index contributed by atoms with van der Waals surface area (Å²) >= 11 is 0. The van der Waals surface area contributed by atoms with Crippen LogP contribution in [-0.4, -0.2) is 30.5 Å². The second kappa shape index (κ2) is 7.14. The van der Waals surface area contributed by atoms with Crippen molar-refractivity contribution in [2.45, 2.75) is 51.7 Å². The first-order valence-corrected chi connectivity index (χ1v) is 7.82. The van der Waals surface area contributed by atoms with E-state index >= 15 is 0 Å². The van der Waals surface area contributed by atoms with Crippen molar-refractivity contribution >= 4 is 0 Å². The number of aliphatic hydroxyl groups excluding tert-OH is 1. The third-order valence-electron chi connectivity index (χ3n) is 3.96. The minimum Gasteiger partial charge on any atom is -0.490 e. The van der Waals surface area contributed by atoms with Crippen LogP contribution in [0.1, 0.15) is 51.7 Å². The van der Waals surface area contributed by atoms with Crippen LogP contribution >= 0.6 is 0 Å². The molecule has 4 heteroatoms. The van der Waals surface area contributed by atoms with E-state index in [1.807, 2.05) is 39.0 Å². The zero-order valence-electron chi connectivity index (χ0n) is 13.2. The lowest BCUT2D eigenvalue weighted by atomic mass is 9.86. The van der Waals surface area contributed by atoms with Gasteiger partial charge in [0.2, 0.25) is 0 Å². The van der Waals surface area contributed by atoms with Gasteiger partial charge in [-0.1, -0.05) is 6.07 Å². The summed E-state index contributed by atoms with van der Waals surface area (Å²) in [6.45, 7) is 7.71. The number of aliphatic hydroxyl groups is 1. The summed E-state index contributed by atoms with van der Waals surface area (Å²) in [6.07, 6.45) is 2.36. The van der Waals surface area contributed by atoms with Crippen LogP contribution in [0.15, 0.2) is 18.2 Å². The van der Waals surface area contributed by atoms with Crippen LogP contribution in [0.5, 0.6) is 11.5 Å². The molecule has 1 heterocycles. The first-order chi connectivity index (χ1) is 10.1. The van der Waals surface area contributed by atoms with Gasteiger partial charge in [0.05, 0.1) is 18.8 Å². The van der Waals surface area contributed by atoms with Gasteiger partial charge in [-0.15, -0.1) is 0 Å². The minimum atomic E-state index is -0.660. The average Bonchev–Trinajstić information content (AvgIpc) is 2.49. The summed E-state index contributed by atoms with van der Waals surface area (Å²) < 4.78 is 17.0. The molecule has 1 N–H and O–H groups in total. The van der Waals surface area contributed by atoms with Gasteiger partial charge in [0, 0.05) is 6.61 Å². The second-order valence-electron chi connectivity index (χ2n) is 5.59. The van der Waals surface area contributed by atoms with Crippen LogP contribution in [-0.2, 0) is 4.74 Å². The Morgan fingerprint density at radius 3 is 2.52 bits per heavy atom. The van der Waals surface area contributed by atoms with Gasteiger partial charge in [-0.2, -0.15) is 0 Å². The van der Waals surface area contributed by atoms with E-state index in [0.29, 0.717) is 31.3 Å². The van der Waals surface area contributed by atoms with E-state index in [0.717, 1.165) is 24.8 Å². The van der Waals surface area contributed by atoms with Crippen molar-refractivity contribution in [3.05, 3.63) is 23.8 Å². The lowest BCUT2D eigenvalue weighted by Gasteiger charge is -2.38. The molecule has 2 atom stereocenters. The molecule has 118 valence electrons. The maximum Gasteiger partial charge on any atom is 0.161 e. The Hall–Kier alpha value is -1.26. The summed E-state index contributed by atoms with van der Waals surface area (Å²) in [5.41, 5.74) is 0.292. The minimum absolute atomic E-state index is 0.519. The molecule has 0 radical (unpaired) electrons. The number of ether oxygens (including phenoxy) is 3. The summed E-state index contributed by atoms with van der Waals surface area (Å²) in [5.74, 6) is 1.39. The molecule has 2 rings (SSSR count). The number of rotatable bonds is 6. The Labute approximate surface area is 127 Å². The predicted molar refractivity (Wildman–Crippen MR) is 81.9 cm³/mol. The molecule has 1 aromatic rings. The van der Waals surface area contributed by atoms with Gasteiger partial charge < -0.3 is 19.3 Å². The normalized spacial score (nSPS) is 23.6. The van der Waals surface area contributed by atoms with Crippen LogP contribution in [0.3, 0.4) is 0 Å². The number of hydrogen-bond donors (Lipinski definition) is 1. The fraction of sp³-hybridized carbons (Fsp3) is 0.647. The molecule has 0 spiro atoms. The molecule has 1 aromatic carbocycles. The van der Waals surface area contributed by atoms with Crippen molar-refractivity contribution < 1.29 is 19.3 Å². The standard InChI is InChI=1S/C17H26O4/c1-4-19-14-9-8-13(12-15(14)20-5-2)16(18)17(3)10-6-7-11-21-17/h8-9,12,16,18H,4-7,10-11H2,1-3H3. The lowest BCUT2D eigenvalue weighted by molar-refractivity contribution is -0.138. The van der Waals surface area contributed by atoms with Crippen molar-refractivity contribution in [1.82, 2.24) is 0 Å². The number of benzene rings is 1. The van der Waals surface area contributed by atoms with E-state index in [1.54, 1.807) is 0 Å². The average molecular weight is 294 g/mol. The summed E-state index contributed by atoms with van der Waals surface area (Å²) in [5, 5.41) is 10.7. The Kier molecular flexibility index (Phi) is 5.48. The molecule has 1 fully saturated rings. The van der Waals surface area contributed by atoms with Crippen molar-refractivity contribution in [2.24, 2.45) is 0 Å². The maximum atomic E-state index is 10.7. The molecule has 4 nitrogen and oxygen atoms in total. The van der Waals surface area contributed by atoms with E-state index in [2.05, 4.69) is 0 Å². The predicted octanol–water partition coefficient (Wildman–Crippen LogP) is 3.48. The van der Waals surface area contributed by atoms with E-state index < -0.39 is 11.7 Å². The fourth-order valence-corrected chi connectivity index (χ4v) is 2.76. The first-order valence-electron chi connectivity index (χ1n) is 7.82. The molecule has 0 bridgehead atoms. The Morgan fingerprint density at radius 1 is 1.19 bits per heavy atom. The fourth-order valence-electron chi connectivity index (χ4n) is 2.76. The highest BCUT2D eigenvalue weighted by molar-refractivity contribution is 5.44. The van der Waals surface area contributed by atoms with Crippen LogP contribution in [0.25, 0.3) is 0 Å². The van der Waals surface area contributed by atoms with Crippen LogP contribution < -0.4 is 9.47 Å². The Bertz CT molecular complexity index is 452. The summed E-state index contributed by atoms with van der Waals surface area (Å²) in [6, 6.07) is 5.61. The van der Waals surface area contributed by atoms with Gasteiger partial charge in [-0.05, 0) is 57.7 Å². The summed E-state index contributed by atoms with van der Waals surface area (Å²) in [4.78, 5) is 0. The third kappa shape index (κ3) is 3.69. The summed E-state index contributed by atoms with van der Waals surface area (Å²) in [7, 11) is 0. The molecule has 0 aliphatic carbocycles. The molecule has 1 aliphatic rings.